The predicted octanol–water partition coefficient (Wildman–Crippen LogP) is 2.44. The molecule has 2 aliphatic heterocycles. The molecule has 1 unspecified atom stereocenters. The molecule has 1 aromatic rings. The number of nitrogens with one attached hydrogen (secondary N) is 1. The van der Waals surface area contributed by atoms with Crippen LogP contribution in [0.1, 0.15) is 18.4 Å². The molecule has 0 saturated carbocycles. The van der Waals surface area contributed by atoms with Crippen molar-refractivity contribution in [2.24, 2.45) is 5.41 Å². The van der Waals surface area contributed by atoms with E-state index in [2.05, 4.69) is 41.1 Å². The van der Waals surface area contributed by atoms with Crippen LogP contribution in [-0.4, -0.2) is 37.7 Å². The summed E-state index contributed by atoms with van der Waals surface area (Å²) in [5, 5.41) is 3.52. The number of rotatable bonds is 5. The first-order chi connectivity index (χ1) is 9.80. The molecule has 2 heterocycles. The fraction of sp³-hybridized carbons (Fsp3) is 0.529. The van der Waals surface area contributed by atoms with E-state index in [1.54, 1.807) is 6.08 Å². The van der Waals surface area contributed by atoms with E-state index in [1.807, 2.05) is 0 Å². The van der Waals surface area contributed by atoms with Crippen molar-refractivity contribution in [3.63, 3.8) is 0 Å². The van der Waals surface area contributed by atoms with Crippen molar-refractivity contribution in [3.05, 3.63) is 42.5 Å². The van der Waals surface area contributed by atoms with Gasteiger partial charge in [0.05, 0.1) is 0 Å². The van der Waals surface area contributed by atoms with Crippen molar-refractivity contribution in [1.82, 2.24) is 10.2 Å². The van der Waals surface area contributed by atoms with Gasteiger partial charge in [0.25, 0.3) is 0 Å². The normalized spacial score (nSPS) is 26.2. The molecule has 1 N–H and O–H groups in total. The van der Waals surface area contributed by atoms with Crippen molar-refractivity contribution in [1.29, 1.82) is 0 Å². The fourth-order valence-electron chi connectivity index (χ4n) is 3.41. The second-order valence-corrected chi connectivity index (χ2v) is 6.13. The van der Waals surface area contributed by atoms with Gasteiger partial charge in [-0.2, -0.15) is 0 Å². The Morgan fingerprint density at radius 2 is 2.15 bits per heavy atom. The SMILES string of the molecule is C=CCOc1ccc(CN2CCC3(CCNC3)C2)cc1. The van der Waals surface area contributed by atoms with Crippen molar-refractivity contribution in [2.75, 3.05) is 32.8 Å². The first-order valence-electron chi connectivity index (χ1n) is 7.55. The average molecular weight is 272 g/mol. The summed E-state index contributed by atoms with van der Waals surface area (Å²) in [4.78, 5) is 2.59. The molecule has 1 aromatic carbocycles. The summed E-state index contributed by atoms with van der Waals surface area (Å²) in [5.41, 5.74) is 1.94. The van der Waals surface area contributed by atoms with Crippen molar-refractivity contribution in [2.45, 2.75) is 19.4 Å². The minimum atomic E-state index is 0.563. The molecule has 3 nitrogen and oxygen atoms in total. The zero-order valence-corrected chi connectivity index (χ0v) is 12.1. The number of nitrogens with zero attached hydrogens (tertiary/aromatic N) is 1. The first-order valence-corrected chi connectivity index (χ1v) is 7.55. The monoisotopic (exact) mass is 272 g/mol. The molecule has 2 aliphatic rings. The van der Waals surface area contributed by atoms with E-state index < -0.39 is 0 Å². The van der Waals surface area contributed by atoms with Gasteiger partial charge >= 0.3 is 0 Å². The summed E-state index contributed by atoms with van der Waals surface area (Å²) in [7, 11) is 0. The molecule has 0 aliphatic carbocycles. The highest BCUT2D eigenvalue weighted by atomic mass is 16.5. The second-order valence-electron chi connectivity index (χ2n) is 6.13. The first kappa shape index (κ1) is 13.7. The second kappa shape index (κ2) is 5.98. The molecule has 0 amide bonds. The van der Waals surface area contributed by atoms with E-state index in [0.717, 1.165) is 12.3 Å². The quantitative estimate of drug-likeness (QED) is 0.833. The minimum Gasteiger partial charge on any atom is -0.490 e. The van der Waals surface area contributed by atoms with Crippen LogP contribution in [0.25, 0.3) is 0 Å². The number of hydrogen-bond donors (Lipinski definition) is 1. The van der Waals surface area contributed by atoms with Crippen LogP contribution in [0, 0.1) is 5.41 Å². The van der Waals surface area contributed by atoms with Crippen LogP contribution in [0.3, 0.4) is 0 Å². The molecule has 0 aromatic heterocycles. The van der Waals surface area contributed by atoms with Crippen molar-refractivity contribution < 1.29 is 4.74 Å². The summed E-state index contributed by atoms with van der Waals surface area (Å²) in [6.45, 7) is 10.2. The van der Waals surface area contributed by atoms with Gasteiger partial charge in [-0.1, -0.05) is 24.8 Å². The third kappa shape index (κ3) is 3.05. The molecule has 3 rings (SSSR count). The minimum absolute atomic E-state index is 0.563. The van der Waals surface area contributed by atoms with Crippen molar-refractivity contribution in [3.8, 4) is 5.75 Å². The topological polar surface area (TPSA) is 24.5 Å². The predicted molar refractivity (Wildman–Crippen MR) is 81.9 cm³/mol. The zero-order valence-electron chi connectivity index (χ0n) is 12.1. The van der Waals surface area contributed by atoms with Gasteiger partial charge in [0.1, 0.15) is 12.4 Å². The van der Waals surface area contributed by atoms with Gasteiger partial charge in [-0.05, 0) is 49.0 Å². The Labute approximate surface area is 121 Å². The average Bonchev–Trinajstić information content (AvgIpc) is 3.09. The van der Waals surface area contributed by atoms with E-state index in [4.69, 9.17) is 4.74 Å². The third-order valence-corrected chi connectivity index (χ3v) is 4.55. The molecule has 1 atom stereocenters. The molecule has 0 radical (unpaired) electrons. The standard InChI is InChI=1S/C17H24N2O/c1-2-11-20-16-5-3-15(4-6-16)12-19-10-8-17(14-19)7-9-18-13-17/h2-6,18H,1,7-14H2. The third-order valence-electron chi connectivity index (χ3n) is 4.55. The maximum atomic E-state index is 5.52. The van der Waals surface area contributed by atoms with Gasteiger partial charge in [-0.3, -0.25) is 4.90 Å². The van der Waals surface area contributed by atoms with Gasteiger partial charge in [-0.25, -0.2) is 0 Å². The molecule has 1 spiro atoms. The van der Waals surface area contributed by atoms with Gasteiger partial charge in [-0.15, -0.1) is 0 Å². The van der Waals surface area contributed by atoms with Gasteiger partial charge in [0.15, 0.2) is 0 Å². The van der Waals surface area contributed by atoms with Crippen LogP contribution in [0.5, 0.6) is 5.75 Å². The smallest absolute Gasteiger partial charge is 0.119 e. The maximum Gasteiger partial charge on any atom is 0.119 e. The van der Waals surface area contributed by atoms with E-state index >= 15 is 0 Å². The molecule has 2 fully saturated rings. The highest BCUT2D eigenvalue weighted by Gasteiger charge is 2.39. The van der Waals surface area contributed by atoms with Crippen molar-refractivity contribution >= 4 is 0 Å². The fourth-order valence-corrected chi connectivity index (χ4v) is 3.41. The maximum absolute atomic E-state index is 5.52. The number of likely N-dealkylation sites (tertiary alicyclic amines) is 1. The number of benzene rings is 1. The molecule has 108 valence electrons. The van der Waals surface area contributed by atoms with E-state index in [-0.39, 0.29) is 0 Å². The van der Waals surface area contributed by atoms with Crippen LogP contribution in [0.15, 0.2) is 36.9 Å². The Hall–Kier alpha value is -1.32. The van der Waals surface area contributed by atoms with E-state index in [9.17, 15) is 0 Å². The largest absolute Gasteiger partial charge is 0.490 e. The lowest BCUT2D eigenvalue weighted by molar-refractivity contribution is 0.268. The van der Waals surface area contributed by atoms with Crippen LogP contribution in [-0.2, 0) is 6.54 Å². The highest BCUT2D eigenvalue weighted by Crippen LogP contribution is 2.36. The summed E-state index contributed by atoms with van der Waals surface area (Å²) < 4.78 is 5.52. The lowest BCUT2D eigenvalue weighted by Gasteiger charge is -2.22. The van der Waals surface area contributed by atoms with Crippen LogP contribution >= 0.6 is 0 Å². The van der Waals surface area contributed by atoms with Crippen LogP contribution < -0.4 is 10.1 Å². The molecule has 20 heavy (non-hydrogen) atoms. The van der Waals surface area contributed by atoms with Gasteiger partial charge in [0, 0.05) is 19.6 Å². The van der Waals surface area contributed by atoms with Crippen LogP contribution in [0.4, 0.5) is 0 Å². The van der Waals surface area contributed by atoms with Crippen LogP contribution in [0.2, 0.25) is 0 Å². The molecule has 0 bridgehead atoms. The Bertz CT molecular complexity index is 449. The van der Waals surface area contributed by atoms with E-state index in [0.29, 0.717) is 12.0 Å². The number of hydrogen-bond acceptors (Lipinski definition) is 3. The molecular weight excluding hydrogens is 248 g/mol. The summed E-state index contributed by atoms with van der Waals surface area (Å²) in [6.07, 6.45) is 4.46. The lowest BCUT2D eigenvalue weighted by Crippen LogP contribution is -2.28. The summed E-state index contributed by atoms with van der Waals surface area (Å²) in [6, 6.07) is 8.47. The summed E-state index contributed by atoms with van der Waals surface area (Å²) >= 11 is 0. The van der Waals surface area contributed by atoms with Gasteiger partial charge in [0.2, 0.25) is 0 Å². The Morgan fingerprint density at radius 3 is 2.85 bits per heavy atom. The molecular formula is C17H24N2O. The number of ether oxygens (including phenoxy) is 1. The molecule has 2 saturated heterocycles. The Morgan fingerprint density at radius 1 is 1.30 bits per heavy atom. The lowest BCUT2D eigenvalue weighted by atomic mass is 9.86. The van der Waals surface area contributed by atoms with Gasteiger partial charge < -0.3 is 10.1 Å². The Balaban J connectivity index is 1.54. The summed E-state index contributed by atoms with van der Waals surface area (Å²) in [5.74, 6) is 0.923. The van der Waals surface area contributed by atoms with E-state index in [1.165, 1.54) is 44.6 Å². The zero-order chi connectivity index (χ0) is 13.8. The highest BCUT2D eigenvalue weighted by molar-refractivity contribution is 5.27. The molecule has 3 heteroatoms. The Kier molecular flexibility index (Phi) is 4.08.